The Labute approximate surface area is 179 Å². The topological polar surface area (TPSA) is 40.5 Å². The molecule has 0 aromatic rings. The van der Waals surface area contributed by atoms with E-state index in [1.54, 1.807) is 0 Å². The third-order valence-electron chi connectivity index (χ3n) is 10.6. The summed E-state index contributed by atoms with van der Waals surface area (Å²) in [5.74, 6) is 4.25. The fraction of sp³-hybridized carbons (Fsp3) is 0.926. The first kappa shape index (κ1) is 21.9. The quantitative estimate of drug-likeness (QED) is 0.537. The molecule has 0 unspecified atom stereocenters. The average Bonchev–Trinajstić information content (AvgIpc) is 3.00. The van der Waals surface area contributed by atoms with Crippen molar-refractivity contribution in [3.8, 4) is 0 Å². The Balaban J connectivity index is 1.52. The van der Waals surface area contributed by atoms with Crippen molar-refractivity contribution in [1.82, 2.24) is 0 Å². The van der Waals surface area contributed by atoms with E-state index in [0.29, 0.717) is 17.3 Å². The lowest BCUT2D eigenvalue weighted by atomic mass is 9.44. The molecule has 10 atom stereocenters. The van der Waals surface area contributed by atoms with Crippen molar-refractivity contribution in [2.45, 2.75) is 111 Å². The van der Waals surface area contributed by atoms with E-state index in [4.69, 9.17) is 0 Å². The zero-order valence-electron chi connectivity index (χ0n) is 19.7. The maximum absolute atomic E-state index is 11.2. The summed E-state index contributed by atoms with van der Waals surface area (Å²) in [5.41, 5.74) is 2.17. The Morgan fingerprint density at radius 3 is 2.34 bits per heavy atom. The lowest BCUT2D eigenvalue weighted by Gasteiger charge is -2.62. The van der Waals surface area contributed by atoms with Crippen LogP contribution < -0.4 is 0 Å². The smallest absolute Gasteiger partial charge is 0.0577 e. The third kappa shape index (κ3) is 3.65. The molecule has 4 aliphatic rings. The molecule has 4 fully saturated rings. The highest BCUT2D eigenvalue weighted by Gasteiger charge is 2.62. The normalized spacial score (nSPS) is 50.2. The summed E-state index contributed by atoms with van der Waals surface area (Å²) in [6.07, 6.45) is 14.0. The predicted octanol–water partition coefficient (Wildman–Crippen LogP) is 6.36. The fourth-order valence-electron chi connectivity index (χ4n) is 9.09. The summed E-state index contributed by atoms with van der Waals surface area (Å²) in [4.78, 5) is 0. The van der Waals surface area contributed by atoms with Gasteiger partial charge in [-0.15, -0.1) is 0 Å². The maximum atomic E-state index is 11.2. The van der Waals surface area contributed by atoms with Crippen LogP contribution in [0.5, 0.6) is 0 Å². The van der Waals surface area contributed by atoms with Crippen molar-refractivity contribution in [2.75, 3.05) is 0 Å². The van der Waals surface area contributed by atoms with Crippen LogP contribution in [0.2, 0.25) is 0 Å². The molecular weight excluding hydrogens is 356 g/mol. The Morgan fingerprint density at radius 1 is 0.931 bits per heavy atom. The number of aliphatic hydroxyl groups is 2. The summed E-state index contributed by atoms with van der Waals surface area (Å²) in [7, 11) is 0. The zero-order valence-corrected chi connectivity index (χ0v) is 19.7. The van der Waals surface area contributed by atoms with Crippen molar-refractivity contribution in [3.63, 3.8) is 0 Å². The highest BCUT2D eigenvalue weighted by molar-refractivity contribution is 5.11. The molecule has 2 nitrogen and oxygen atoms in total. The van der Waals surface area contributed by atoms with Crippen LogP contribution in [0.25, 0.3) is 0 Å². The van der Waals surface area contributed by atoms with Crippen LogP contribution in [-0.2, 0) is 0 Å². The molecule has 29 heavy (non-hydrogen) atoms. The van der Waals surface area contributed by atoms with Gasteiger partial charge in [0, 0.05) is 0 Å². The molecule has 0 amide bonds. The van der Waals surface area contributed by atoms with E-state index >= 15 is 0 Å². The van der Waals surface area contributed by atoms with Gasteiger partial charge in [-0.1, -0.05) is 32.4 Å². The molecule has 0 aromatic heterocycles. The third-order valence-corrected chi connectivity index (χ3v) is 10.6. The molecule has 0 spiro atoms. The largest absolute Gasteiger partial charge is 0.393 e. The van der Waals surface area contributed by atoms with Crippen LogP contribution in [0.15, 0.2) is 11.6 Å². The van der Waals surface area contributed by atoms with Gasteiger partial charge >= 0.3 is 0 Å². The summed E-state index contributed by atoms with van der Waals surface area (Å²) >= 11 is 0. The first-order valence-electron chi connectivity index (χ1n) is 12.7. The number of fused-ring (bicyclic) bond motifs is 5. The van der Waals surface area contributed by atoms with Crippen molar-refractivity contribution in [2.24, 2.45) is 46.3 Å². The second-order valence-electron chi connectivity index (χ2n) is 12.3. The van der Waals surface area contributed by atoms with E-state index in [0.717, 1.165) is 49.4 Å². The van der Waals surface area contributed by atoms with E-state index in [-0.39, 0.29) is 17.6 Å². The number of hydrogen-bond acceptors (Lipinski definition) is 2. The van der Waals surface area contributed by atoms with Gasteiger partial charge in [0.1, 0.15) is 0 Å². The summed E-state index contributed by atoms with van der Waals surface area (Å²) in [5, 5.41) is 21.4. The molecule has 0 aliphatic heterocycles. The van der Waals surface area contributed by atoms with Crippen LogP contribution in [0.3, 0.4) is 0 Å². The summed E-state index contributed by atoms with van der Waals surface area (Å²) < 4.78 is 0. The first-order chi connectivity index (χ1) is 13.7. The van der Waals surface area contributed by atoms with Crippen LogP contribution in [-0.4, -0.2) is 22.4 Å². The van der Waals surface area contributed by atoms with Crippen LogP contribution in [0, 0.1) is 46.3 Å². The van der Waals surface area contributed by atoms with Gasteiger partial charge in [0.25, 0.3) is 0 Å². The van der Waals surface area contributed by atoms with Crippen molar-refractivity contribution >= 4 is 0 Å². The van der Waals surface area contributed by atoms with Gasteiger partial charge in [0.2, 0.25) is 0 Å². The second kappa shape index (κ2) is 7.97. The van der Waals surface area contributed by atoms with E-state index in [2.05, 4.69) is 40.7 Å². The predicted molar refractivity (Wildman–Crippen MR) is 120 cm³/mol. The van der Waals surface area contributed by atoms with Gasteiger partial charge < -0.3 is 10.2 Å². The van der Waals surface area contributed by atoms with Gasteiger partial charge in [0.05, 0.1) is 12.2 Å². The Bertz CT molecular complexity index is 622. The summed E-state index contributed by atoms with van der Waals surface area (Å²) in [6, 6.07) is 0. The maximum Gasteiger partial charge on any atom is 0.0577 e. The highest BCUT2D eigenvalue weighted by atomic mass is 16.3. The molecular formula is C27H46O2. The number of hydrogen-bond donors (Lipinski definition) is 2. The second-order valence-corrected chi connectivity index (χ2v) is 12.3. The SMILES string of the molecule is CC(C)=CCC[C@@H](C)[C@H]1CC[C@H]2[C@@H]3C[C@H](O)[C@@H]4C[C@H](O)CC[C@]4(C)[C@H]3CC[C@]12C. The molecule has 4 saturated carbocycles. The lowest BCUT2D eigenvalue weighted by Crippen LogP contribution is -2.58. The minimum Gasteiger partial charge on any atom is -0.393 e. The standard InChI is InChI=1S/C27H46O2/c1-17(2)7-6-8-18(3)21-9-10-22-20-16-25(29)24-15-19(28)11-13-27(24,5)23(20)12-14-26(21,22)4/h7,18-25,28-29H,6,8-16H2,1-5H3/t18-,19-,20+,21-,22+,23+,24+,25+,26-,27-/m1/s1. The molecule has 0 heterocycles. The molecule has 0 aromatic carbocycles. The molecule has 2 heteroatoms. The van der Waals surface area contributed by atoms with Crippen LogP contribution in [0.1, 0.15) is 98.8 Å². The number of aliphatic hydroxyl groups excluding tert-OH is 2. The minimum atomic E-state index is -0.201. The number of rotatable bonds is 4. The van der Waals surface area contributed by atoms with E-state index in [1.165, 1.54) is 44.1 Å². The monoisotopic (exact) mass is 402 g/mol. The molecule has 0 bridgehead atoms. The van der Waals surface area contributed by atoms with Crippen LogP contribution >= 0.6 is 0 Å². The van der Waals surface area contributed by atoms with Gasteiger partial charge in [-0.3, -0.25) is 0 Å². The molecule has 4 aliphatic carbocycles. The van der Waals surface area contributed by atoms with Crippen LogP contribution in [0.4, 0.5) is 0 Å². The Morgan fingerprint density at radius 2 is 1.62 bits per heavy atom. The van der Waals surface area contributed by atoms with Crippen molar-refractivity contribution in [1.29, 1.82) is 0 Å². The molecule has 4 rings (SSSR count). The van der Waals surface area contributed by atoms with E-state index in [1.807, 2.05) is 0 Å². The minimum absolute atomic E-state index is 0.189. The molecule has 166 valence electrons. The van der Waals surface area contributed by atoms with Gasteiger partial charge in [0.15, 0.2) is 0 Å². The fourth-order valence-corrected chi connectivity index (χ4v) is 9.09. The molecule has 0 radical (unpaired) electrons. The van der Waals surface area contributed by atoms with E-state index < -0.39 is 0 Å². The average molecular weight is 403 g/mol. The van der Waals surface area contributed by atoms with Gasteiger partial charge in [-0.25, -0.2) is 0 Å². The highest BCUT2D eigenvalue weighted by Crippen LogP contribution is 2.68. The lowest BCUT2D eigenvalue weighted by molar-refractivity contribution is -0.172. The summed E-state index contributed by atoms with van der Waals surface area (Å²) in [6.45, 7) is 12.0. The zero-order chi connectivity index (χ0) is 21.0. The Kier molecular flexibility index (Phi) is 6.01. The van der Waals surface area contributed by atoms with E-state index in [9.17, 15) is 10.2 Å². The molecule has 0 saturated heterocycles. The van der Waals surface area contributed by atoms with Crippen molar-refractivity contribution in [3.05, 3.63) is 11.6 Å². The van der Waals surface area contributed by atoms with Gasteiger partial charge in [-0.05, 0) is 124 Å². The molecule has 2 N–H and O–H groups in total. The first-order valence-corrected chi connectivity index (χ1v) is 12.7. The van der Waals surface area contributed by atoms with Crippen molar-refractivity contribution < 1.29 is 10.2 Å². The van der Waals surface area contributed by atoms with Gasteiger partial charge in [-0.2, -0.15) is 0 Å². The Hall–Kier alpha value is -0.340. The number of allylic oxidation sites excluding steroid dienone is 2.